The average Bonchev–Trinajstić information content (AvgIpc) is 3.07. The largest absolute Gasteiger partial charge is 0.486 e. The number of anilines is 1. The zero-order chi connectivity index (χ0) is 22.6. The zero-order valence-corrected chi connectivity index (χ0v) is 19.7. The fraction of sp³-hybridized carbons (Fsp3) is 0.286. The van der Waals surface area contributed by atoms with Gasteiger partial charge in [-0.05, 0) is 35.2 Å². The molecule has 0 aliphatic rings. The Kier molecular flexibility index (Phi) is 7.35. The van der Waals surface area contributed by atoms with Crippen LogP contribution in [0.1, 0.15) is 32.2 Å². The van der Waals surface area contributed by atoms with Crippen LogP contribution in [0.3, 0.4) is 0 Å². The number of thioether (sulfide) groups is 1. The van der Waals surface area contributed by atoms with Crippen LogP contribution in [0.5, 0.6) is 5.75 Å². The van der Waals surface area contributed by atoms with Gasteiger partial charge in [-0.3, -0.25) is 4.79 Å². The van der Waals surface area contributed by atoms with Crippen molar-refractivity contribution in [2.75, 3.05) is 16.9 Å². The smallest absolute Gasteiger partial charge is 0.234 e. The minimum absolute atomic E-state index is 0.0615. The van der Waals surface area contributed by atoms with E-state index in [1.807, 2.05) is 24.3 Å². The fourth-order valence-corrected chi connectivity index (χ4v) is 3.79. The number of benzene rings is 2. The van der Waals surface area contributed by atoms with Gasteiger partial charge in [-0.1, -0.05) is 73.9 Å². The molecule has 0 atom stereocenters. The molecule has 1 heterocycles. The van der Waals surface area contributed by atoms with E-state index in [0.29, 0.717) is 32.5 Å². The highest BCUT2D eigenvalue weighted by molar-refractivity contribution is 7.99. The molecular weight excluding hydrogens is 457 g/mol. The molecule has 0 saturated heterocycles. The molecule has 0 spiro atoms. The molecule has 0 radical (unpaired) electrons. The number of nitrogens with zero attached hydrogens (tertiary/aromatic N) is 3. The molecule has 1 aromatic heterocycles. The van der Waals surface area contributed by atoms with E-state index < -0.39 is 0 Å². The van der Waals surface area contributed by atoms with Crippen molar-refractivity contribution in [3.8, 4) is 5.75 Å². The van der Waals surface area contributed by atoms with E-state index in [1.165, 1.54) is 10.2 Å². The van der Waals surface area contributed by atoms with Crippen LogP contribution in [0.25, 0.3) is 0 Å². The van der Waals surface area contributed by atoms with Gasteiger partial charge in [0.1, 0.15) is 12.4 Å². The van der Waals surface area contributed by atoms with Gasteiger partial charge in [0.2, 0.25) is 11.1 Å². The van der Waals surface area contributed by atoms with Gasteiger partial charge in [-0.2, -0.15) is 0 Å². The van der Waals surface area contributed by atoms with E-state index in [4.69, 9.17) is 33.8 Å². The average molecular weight is 480 g/mol. The van der Waals surface area contributed by atoms with Gasteiger partial charge in [-0.25, -0.2) is 4.68 Å². The number of para-hydroxylation sites is 1. The predicted molar refractivity (Wildman–Crippen MR) is 125 cm³/mol. The van der Waals surface area contributed by atoms with E-state index in [0.717, 1.165) is 11.8 Å². The van der Waals surface area contributed by atoms with E-state index in [9.17, 15) is 4.79 Å². The molecular formula is C21H23Cl2N5O2S. The number of carbonyl (C=O) groups excluding carboxylic acids is 1. The van der Waals surface area contributed by atoms with Crippen LogP contribution in [0.2, 0.25) is 10.0 Å². The lowest BCUT2D eigenvalue weighted by Gasteiger charge is -2.19. The number of carbonyl (C=O) groups is 1. The molecule has 0 saturated carbocycles. The highest BCUT2D eigenvalue weighted by Gasteiger charge is 2.16. The lowest BCUT2D eigenvalue weighted by atomic mass is 9.87. The Morgan fingerprint density at radius 2 is 1.77 bits per heavy atom. The summed E-state index contributed by atoms with van der Waals surface area (Å²) in [7, 11) is 0. The van der Waals surface area contributed by atoms with Crippen molar-refractivity contribution in [2.24, 2.45) is 0 Å². The number of amides is 1. The van der Waals surface area contributed by atoms with Gasteiger partial charge >= 0.3 is 0 Å². The second kappa shape index (κ2) is 9.80. The van der Waals surface area contributed by atoms with E-state index >= 15 is 0 Å². The number of hydrogen-bond acceptors (Lipinski definition) is 6. The molecule has 3 N–H and O–H groups in total. The Labute approximate surface area is 195 Å². The Morgan fingerprint density at radius 3 is 2.39 bits per heavy atom. The summed E-state index contributed by atoms with van der Waals surface area (Å²) in [6.07, 6.45) is 0. The van der Waals surface area contributed by atoms with Crippen molar-refractivity contribution in [1.82, 2.24) is 14.9 Å². The van der Waals surface area contributed by atoms with Gasteiger partial charge in [0, 0.05) is 0 Å². The summed E-state index contributed by atoms with van der Waals surface area (Å²) in [6.45, 7) is 6.62. The molecule has 0 aliphatic carbocycles. The number of rotatable bonds is 7. The van der Waals surface area contributed by atoms with Gasteiger partial charge in [0.15, 0.2) is 5.82 Å². The summed E-state index contributed by atoms with van der Waals surface area (Å²) < 4.78 is 7.07. The van der Waals surface area contributed by atoms with Crippen molar-refractivity contribution in [3.63, 3.8) is 0 Å². The van der Waals surface area contributed by atoms with Crippen molar-refractivity contribution in [1.29, 1.82) is 0 Å². The van der Waals surface area contributed by atoms with Crippen LogP contribution in [-0.2, 0) is 16.8 Å². The van der Waals surface area contributed by atoms with Crippen LogP contribution in [-0.4, -0.2) is 26.5 Å². The van der Waals surface area contributed by atoms with E-state index in [2.05, 4.69) is 36.3 Å². The van der Waals surface area contributed by atoms with Crippen LogP contribution >= 0.6 is 35.0 Å². The quantitative estimate of drug-likeness (QED) is 0.369. The van der Waals surface area contributed by atoms with E-state index in [-0.39, 0.29) is 23.7 Å². The molecule has 3 rings (SSSR count). The summed E-state index contributed by atoms with van der Waals surface area (Å²) in [5, 5.41) is 11.9. The van der Waals surface area contributed by atoms with Crippen molar-refractivity contribution < 1.29 is 9.53 Å². The van der Waals surface area contributed by atoms with Crippen molar-refractivity contribution >= 4 is 46.6 Å². The molecule has 0 fully saturated rings. The molecule has 1 amide bonds. The Morgan fingerprint density at radius 1 is 1.13 bits per heavy atom. The standard InChI is InChI=1S/C21H23Cl2N5O2S/c1-21(2,3)13-7-9-14(10-8-13)30-11-17-26-27-20(28(17)24)31-12-18(29)25-19-15(22)5-4-6-16(19)23/h4-10H,11-12,24H2,1-3H3,(H,25,29). The monoisotopic (exact) mass is 479 g/mol. The Hall–Kier alpha value is -2.42. The van der Waals surface area contributed by atoms with Gasteiger partial charge in [0.25, 0.3) is 0 Å². The maximum Gasteiger partial charge on any atom is 0.234 e. The summed E-state index contributed by atoms with van der Waals surface area (Å²) in [5.41, 5.74) is 1.67. The molecule has 7 nitrogen and oxygen atoms in total. The third-order valence-electron chi connectivity index (χ3n) is 4.38. The first-order valence-electron chi connectivity index (χ1n) is 9.44. The third kappa shape index (κ3) is 6.06. The summed E-state index contributed by atoms with van der Waals surface area (Å²) in [6, 6.07) is 12.9. The second-order valence-corrected chi connectivity index (χ2v) is 9.52. The normalized spacial score (nSPS) is 11.4. The van der Waals surface area contributed by atoms with Gasteiger partial charge < -0.3 is 15.9 Å². The summed E-state index contributed by atoms with van der Waals surface area (Å²) >= 11 is 13.3. The van der Waals surface area contributed by atoms with Crippen LogP contribution < -0.4 is 15.9 Å². The van der Waals surface area contributed by atoms with Crippen LogP contribution in [0.15, 0.2) is 47.6 Å². The maximum absolute atomic E-state index is 12.2. The van der Waals surface area contributed by atoms with Crippen LogP contribution in [0, 0.1) is 0 Å². The zero-order valence-electron chi connectivity index (χ0n) is 17.4. The number of ether oxygens (including phenoxy) is 1. The molecule has 0 aliphatic heterocycles. The lowest BCUT2D eigenvalue weighted by molar-refractivity contribution is -0.113. The predicted octanol–water partition coefficient (Wildman–Crippen LogP) is 4.91. The molecule has 0 unspecified atom stereocenters. The number of halogens is 2. The molecule has 0 bridgehead atoms. The number of nitrogens with one attached hydrogen (secondary N) is 1. The number of nitrogens with two attached hydrogens (primary N) is 1. The first kappa shape index (κ1) is 23.2. The molecule has 31 heavy (non-hydrogen) atoms. The van der Waals surface area contributed by atoms with Crippen molar-refractivity contribution in [2.45, 2.75) is 37.9 Å². The van der Waals surface area contributed by atoms with E-state index in [1.54, 1.807) is 18.2 Å². The summed E-state index contributed by atoms with van der Waals surface area (Å²) in [4.78, 5) is 12.2. The van der Waals surface area contributed by atoms with Gasteiger partial charge in [-0.15, -0.1) is 10.2 Å². The number of aromatic nitrogens is 3. The lowest BCUT2D eigenvalue weighted by Crippen LogP contribution is -2.18. The van der Waals surface area contributed by atoms with Gasteiger partial charge in [0.05, 0.1) is 21.5 Å². The van der Waals surface area contributed by atoms with Crippen molar-refractivity contribution in [3.05, 3.63) is 63.9 Å². The molecule has 164 valence electrons. The number of hydrogen-bond donors (Lipinski definition) is 2. The fourth-order valence-electron chi connectivity index (χ4n) is 2.63. The molecule has 3 aromatic rings. The second-order valence-electron chi connectivity index (χ2n) is 7.77. The Bertz CT molecular complexity index is 1040. The molecule has 10 heteroatoms. The summed E-state index contributed by atoms with van der Waals surface area (Å²) in [5.74, 6) is 6.97. The maximum atomic E-state index is 12.2. The molecule has 2 aromatic carbocycles. The first-order valence-corrected chi connectivity index (χ1v) is 11.2. The SMILES string of the molecule is CC(C)(C)c1ccc(OCc2nnc(SCC(=O)Nc3c(Cl)cccc3Cl)n2N)cc1. The van der Waals surface area contributed by atoms with Crippen LogP contribution in [0.4, 0.5) is 5.69 Å². The topological polar surface area (TPSA) is 95.1 Å². The number of nitrogen functional groups attached to an aromatic ring is 1. The highest BCUT2D eigenvalue weighted by Crippen LogP contribution is 2.30. The third-order valence-corrected chi connectivity index (χ3v) is 5.96. The highest BCUT2D eigenvalue weighted by atomic mass is 35.5. The minimum Gasteiger partial charge on any atom is -0.486 e. The Balaban J connectivity index is 1.54. The first-order chi connectivity index (χ1) is 14.6. The minimum atomic E-state index is -0.292.